The Labute approximate surface area is 108 Å². The van der Waals surface area contributed by atoms with Crippen molar-refractivity contribution in [1.29, 1.82) is 0 Å². The third-order valence-corrected chi connectivity index (χ3v) is 4.46. The Kier molecular flexibility index (Phi) is 3.08. The van der Waals surface area contributed by atoms with Crippen molar-refractivity contribution >= 4 is 5.91 Å². The van der Waals surface area contributed by atoms with E-state index in [2.05, 4.69) is 11.9 Å². The Morgan fingerprint density at radius 2 is 1.83 bits per heavy atom. The molecule has 3 heteroatoms. The highest BCUT2D eigenvalue weighted by atomic mass is 16.2. The molecule has 2 bridgehead atoms. The van der Waals surface area contributed by atoms with Gasteiger partial charge in [0, 0.05) is 30.7 Å². The van der Waals surface area contributed by atoms with Crippen LogP contribution in [0.2, 0.25) is 0 Å². The number of fused-ring (bicyclic) bond motifs is 2. The third kappa shape index (κ3) is 2.03. The lowest BCUT2D eigenvalue weighted by atomic mass is 10.1. The fraction of sp³-hybridized carbons (Fsp3) is 0.533. The Morgan fingerprint density at radius 1 is 1.11 bits per heavy atom. The smallest absolute Gasteiger partial charge is 0.253 e. The molecule has 0 aliphatic carbocycles. The van der Waals surface area contributed by atoms with E-state index in [-0.39, 0.29) is 5.91 Å². The summed E-state index contributed by atoms with van der Waals surface area (Å²) in [6.45, 7) is 1.79. The lowest BCUT2D eigenvalue weighted by Gasteiger charge is -2.25. The van der Waals surface area contributed by atoms with E-state index in [1.807, 2.05) is 35.2 Å². The SMILES string of the molecule is CN1C2CCC1CN(C(=O)c1ccccc1)CC2. The number of nitrogens with zero attached hydrogens (tertiary/aromatic N) is 2. The maximum Gasteiger partial charge on any atom is 0.253 e. The van der Waals surface area contributed by atoms with Crippen LogP contribution in [-0.2, 0) is 0 Å². The van der Waals surface area contributed by atoms with Gasteiger partial charge in [-0.15, -0.1) is 0 Å². The zero-order valence-electron chi connectivity index (χ0n) is 10.9. The van der Waals surface area contributed by atoms with Gasteiger partial charge in [0.25, 0.3) is 5.91 Å². The van der Waals surface area contributed by atoms with E-state index in [0.717, 1.165) is 25.1 Å². The molecule has 0 aromatic heterocycles. The summed E-state index contributed by atoms with van der Waals surface area (Å²) in [4.78, 5) is 17.0. The molecule has 0 N–H and O–H groups in total. The van der Waals surface area contributed by atoms with Gasteiger partial charge in [0.15, 0.2) is 0 Å². The van der Waals surface area contributed by atoms with Crippen molar-refractivity contribution in [3.05, 3.63) is 35.9 Å². The molecule has 1 aromatic carbocycles. The van der Waals surface area contributed by atoms with Gasteiger partial charge in [-0.3, -0.25) is 9.69 Å². The number of rotatable bonds is 1. The van der Waals surface area contributed by atoms with Gasteiger partial charge in [0.05, 0.1) is 0 Å². The fourth-order valence-electron chi connectivity index (χ4n) is 3.26. The average molecular weight is 244 g/mol. The molecule has 0 radical (unpaired) electrons. The molecule has 2 aliphatic rings. The minimum absolute atomic E-state index is 0.191. The van der Waals surface area contributed by atoms with Crippen LogP contribution in [0.15, 0.2) is 30.3 Å². The topological polar surface area (TPSA) is 23.6 Å². The first-order valence-corrected chi connectivity index (χ1v) is 6.82. The van der Waals surface area contributed by atoms with Crippen LogP contribution in [0.3, 0.4) is 0 Å². The molecular weight excluding hydrogens is 224 g/mol. The number of likely N-dealkylation sites (N-methyl/N-ethyl adjacent to an activating group) is 1. The highest BCUT2D eigenvalue weighted by molar-refractivity contribution is 5.94. The zero-order chi connectivity index (χ0) is 12.5. The fourth-order valence-corrected chi connectivity index (χ4v) is 3.26. The van der Waals surface area contributed by atoms with E-state index in [9.17, 15) is 4.79 Å². The van der Waals surface area contributed by atoms with Crippen LogP contribution < -0.4 is 0 Å². The Balaban J connectivity index is 1.76. The van der Waals surface area contributed by atoms with Crippen LogP contribution in [0, 0.1) is 0 Å². The number of carbonyl (C=O) groups excluding carboxylic acids is 1. The molecule has 3 rings (SSSR count). The van der Waals surface area contributed by atoms with Gasteiger partial charge in [-0.25, -0.2) is 0 Å². The first-order chi connectivity index (χ1) is 8.75. The van der Waals surface area contributed by atoms with E-state index >= 15 is 0 Å². The molecule has 2 aliphatic heterocycles. The van der Waals surface area contributed by atoms with Crippen LogP contribution in [0.4, 0.5) is 0 Å². The van der Waals surface area contributed by atoms with Gasteiger partial charge in [0.1, 0.15) is 0 Å². The lowest BCUT2D eigenvalue weighted by Crippen LogP contribution is -2.39. The second-order valence-electron chi connectivity index (χ2n) is 5.46. The molecule has 1 amide bonds. The van der Waals surface area contributed by atoms with Gasteiger partial charge in [0.2, 0.25) is 0 Å². The standard InChI is InChI=1S/C15H20N2O/c1-16-13-7-8-14(16)11-17(10-9-13)15(18)12-5-3-2-4-6-12/h2-6,13-14H,7-11H2,1H3. The van der Waals surface area contributed by atoms with Gasteiger partial charge in [-0.05, 0) is 38.4 Å². The summed E-state index contributed by atoms with van der Waals surface area (Å²) in [7, 11) is 2.21. The van der Waals surface area contributed by atoms with Crippen molar-refractivity contribution in [2.45, 2.75) is 31.3 Å². The molecule has 1 aromatic rings. The summed E-state index contributed by atoms with van der Waals surface area (Å²) in [5, 5.41) is 0. The molecule has 3 nitrogen and oxygen atoms in total. The lowest BCUT2D eigenvalue weighted by molar-refractivity contribution is 0.0740. The maximum absolute atomic E-state index is 12.4. The minimum atomic E-state index is 0.191. The molecule has 2 unspecified atom stereocenters. The molecule has 2 saturated heterocycles. The van der Waals surface area contributed by atoms with Gasteiger partial charge < -0.3 is 4.90 Å². The van der Waals surface area contributed by atoms with Crippen LogP contribution in [0.1, 0.15) is 29.6 Å². The molecule has 2 atom stereocenters. The summed E-state index contributed by atoms with van der Waals surface area (Å²) >= 11 is 0. The zero-order valence-corrected chi connectivity index (χ0v) is 10.9. The van der Waals surface area contributed by atoms with E-state index < -0.39 is 0 Å². The molecular formula is C15H20N2O. The Hall–Kier alpha value is -1.35. The summed E-state index contributed by atoms with van der Waals surface area (Å²) < 4.78 is 0. The quantitative estimate of drug-likeness (QED) is 0.754. The molecule has 0 spiro atoms. The van der Waals surface area contributed by atoms with Crippen LogP contribution in [0.25, 0.3) is 0 Å². The number of hydrogen-bond donors (Lipinski definition) is 0. The summed E-state index contributed by atoms with van der Waals surface area (Å²) in [6.07, 6.45) is 3.65. The van der Waals surface area contributed by atoms with Crippen molar-refractivity contribution in [1.82, 2.24) is 9.80 Å². The van der Waals surface area contributed by atoms with Crippen molar-refractivity contribution in [3.63, 3.8) is 0 Å². The Morgan fingerprint density at radius 3 is 2.61 bits per heavy atom. The summed E-state index contributed by atoms with van der Waals surface area (Å²) in [5.41, 5.74) is 0.818. The largest absolute Gasteiger partial charge is 0.337 e. The third-order valence-electron chi connectivity index (χ3n) is 4.46. The predicted molar refractivity (Wildman–Crippen MR) is 71.5 cm³/mol. The number of likely N-dealkylation sites (tertiary alicyclic amines) is 1. The van der Waals surface area contributed by atoms with Crippen molar-refractivity contribution in [3.8, 4) is 0 Å². The summed E-state index contributed by atoms with van der Waals surface area (Å²) in [6, 6.07) is 10.9. The highest BCUT2D eigenvalue weighted by Gasteiger charge is 2.35. The van der Waals surface area contributed by atoms with Crippen LogP contribution in [-0.4, -0.2) is 47.9 Å². The van der Waals surface area contributed by atoms with Crippen LogP contribution in [0.5, 0.6) is 0 Å². The molecule has 2 heterocycles. The van der Waals surface area contributed by atoms with Crippen molar-refractivity contribution in [2.75, 3.05) is 20.1 Å². The Bertz CT molecular complexity index is 431. The maximum atomic E-state index is 12.4. The summed E-state index contributed by atoms with van der Waals surface area (Å²) in [5.74, 6) is 0.191. The first kappa shape index (κ1) is 11.7. The van der Waals surface area contributed by atoms with Gasteiger partial charge in [-0.1, -0.05) is 18.2 Å². The minimum Gasteiger partial charge on any atom is -0.337 e. The van der Waals surface area contributed by atoms with E-state index in [0.29, 0.717) is 12.1 Å². The number of carbonyl (C=O) groups is 1. The first-order valence-electron chi connectivity index (χ1n) is 6.82. The molecule has 96 valence electrons. The number of amides is 1. The van der Waals surface area contributed by atoms with Gasteiger partial charge >= 0.3 is 0 Å². The van der Waals surface area contributed by atoms with Crippen molar-refractivity contribution < 1.29 is 4.79 Å². The van der Waals surface area contributed by atoms with Gasteiger partial charge in [-0.2, -0.15) is 0 Å². The molecule has 2 fully saturated rings. The number of benzene rings is 1. The molecule has 18 heavy (non-hydrogen) atoms. The average Bonchev–Trinajstić information content (AvgIpc) is 2.64. The monoisotopic (exact) mass is 244 g/mol. The van der Waals surface area contributed by atoms with E-state index in [4.69, 9.17) is 0 Å². The molecule has 0 saturated carbocycles. The predicted octanol–water partition coefficient (Wildman–Crippen LogP) is 2.00. The van der Waals surface area contributed by atoms with E-state index in [1.54, 1.807) is 0 Å². The van der Waals surface area contributed by atoms with E-state index in [1.165, 1.54) is 12.8 Å². The second-order valence-corrected chi connectivity index (χ2v) is 5.46. The van der Waals surface area contributed by atoms with Crippen LogP contribution >= 0.6 is 0 Å². The van der Waals surface area contributed by atoms with Crippen molar-refractivity contribution in [2.24, 2.45) is 0 Å². The normalized spacial score (nSPS) is 28.2. The highest BCUT2D eigenvalue weighted by Crippen LogP contribution is 2.28. The number of hydrogen-bond acceptors (Lipinski definition) is 2. The second kappa shape index (κ2) is 4.73.